The summed E-state index contributed by atoms with van der Waals surface area (Å²) in [5.74, 6) is 0.619. The fourth-order valence-corrected chi connectivity index (χ4v) is 7.60. The van der Waals surface area contributed by atoms with Crippen molar-refractivity contribution in [1.82, 2.24) is 0 Å². The van der Waals surface area contributed by atoms with Crippen LogP contribution in [0.15, 0.2) is 60.1 Å². The number of rotatable bonds is 3. The highest BCUT2D eigenvalue weighted by atomic mass is 32.1. The fraction of sp³-hybridized carbons (Fsp3) is 0.500. The van der Waals surface area contributed by atoms with Crippen LogP contribution in [0.1, 0.15) is 142 Å². The molecule has 44 heavy (non-hydrogen) atoms. The second kappa shape index (κ2) is 11.3. The van der Waals surface area contributed by atoms with Crippen LogP contribution in [-0.2, 0) is 28.1 Å². The number of nitrogens with zero attached hydrogens (tertiary/aromatic N) is 1. The number of hydrogen-bond donors (Lipinski definition) is 0. The van der Waals surface area contributed by atoms with Gasteiger partial charge in [0.15, 0.2) is 0 Å². The summed E-state index contributed by atoms with van der Waals surface area (Å²) in [6, 6.07) is 21.8. The Kier molecular flexibility index (Phi) is 8.37. The van der Waals surface area contributed by atoms with E-state index in [9.17, 15) is 0 Å². The van der Waals surface area contributed by atoms with E-state index < -0.39 is 0 Å². The van der Waals surface area contributed by atoms with Crippen LogP contribution >= 0.6 is 11.3 Å². The average Bonchev–Trinajstić information content (AvgIpc) is 3.35. The monoisotopic (exact) mass is 606 g/mol. The molecule has 1 unspecified atom stereocenters. The van der Waals surface area contributed by atoms with Gasteiger partial charge in [0.05, 0.1) is 16.0 Å². The van der Waals surface area contributed by atoms with E-state index in [0.29, 0.717) is 5.92 Å². The molecule has 1 aliphatic carbocycles. The highest BCUT2D eigenvalue weighted by Gasteiger charge is 2.33. The molecule has 234 valence electrons. The van der Waals surface area contributed by atoms with Crippen LogP contribution in [0.5, 0.6) is 0 Å². The lowest BCUT2D eigenvalue weighted by Gasteiger charge is -2.27. The summed E-state index contributed by atoms with van der Waals surface area (Å²) in [5, 5.41) is 0. The van der Waals surface area contributed by atoms with E-state index >= 15 is 0 Å². The second-order valence-electron chi connectivity index (χ2n) is 17.5. The maximum Gasteiger partial charge on any atom is 0.231 e. The van der Waals surface area contributed by atoms with E-state index in [1.165, 1.54) is 68.7 Å². The Bertz CT molecular complexity index is 1510. The molecule has 1 atom stereocenters. The van der Waals surface area contributed by atoms with Crippen molar-refractivity contribution in [3.8, 4) is 27.9 Å². The van der Waals surface area contributed by atoms with Crippen molar-refractivity contribution in [2.24, 2.45) is 0 Å². The van der Waals surface area contributed by atoms with Crippen LogP contribution < -0.4 is 4.57 Å². The van der Waals surface area contributed by atoms with E-state index in [1.807, 2.05) is 11.3 Å². The van der Waals surface area contributed by atoms with Crippen molar-refractivity contribution < 1.29 is 4.57 Å². The molecule has 1 aliphatic rings. The fourth-order valence-electron chi connectivity index (χ4n) is 6.47. The number of fused-ring (bicyclic) bond motifs is 1. The van der Waals surface area contributed by atoms with Gasteiger partial charge in [0.2, 0.25) is 16.9 Å². The first-order valence-corrected chi connectivity index (χ1v) is 17.6. The first-order valence-electron chi connectivity index (χ1n) is 16.7. The summed E-state index contributed by atoms with van der Waals surface area (Å²) in [6.07, 6.45) is 3.68. The average molecular weight is 607 g/mol. The molecule has 4 aromatic rings. The van der Waals surface area contributed by atoms with Gasteiger partial charge in [-0.05, 0) is 85.9 Å². The predicted molar refractivity (Wildman–Crippen MR) is 193 cm³/mol. The van der Waals surface area contributed by atoms with Gasteiger partial charge in [-0.1, -0.05) is 144 Å². The normalized spacial score (nSPS) is 16.2. The molecular formula is C42H56NS+. The molecule has 0 fully saturated rings. The molecule has 0 aliphatic heterocycles. The lowest BCUT2D eigenvalue weighted by Crippen LogP contribution is -2.36. The number of hydrogen-bond acceptors (Lipinski definition) is 1. The Labute approximate surface area is 272 Å². The molecular weight excluding hydrogens is 551 g/mol. The van der Waals surface area contributed by atoms with E-state index in [4.69, 9.17) is 0 Å². The first-order chi connectivity index (χ1) is 20.2. The van der Waals surface area contributed by atoms with Gasteiger partial charge in [0, 0.05) is 6.42 Å². The maximum atomic E-state index is 2.58. The van der Waals surface area contributed by atoms with Gasteiger partial charge < -0.3 is 0 Å². The molecule has 2 heteroatoms. The number of thiazole rings is 1. The summed E-state index contributed by atoms with van der Waals surface area (Å²) in [5.41, 5.74) is 16.3. The molecule has 0 saturated carbocycles. The highest BCUT2D eigenvalue weighted by Crippen LogP contribution is 2.42. The Morgan fingerprint density at radius 2 is 1.02 bits per heavy atom. The molecule has 1 aromatic heterocycles. The van der Waals surface area contributed by atoms with Crippen LogP contribution in [0.3, 0.4) is 0 Å². The zero-order chi connectivity index (χ0) is 32.4. The number of para-hydroxylation sites is 1. The van der Waals surface area contributed by atoms with E-state index in [0.717, 1.165) is 6.42 Å². The zero-order valence-corrected chi connectivity index (χ0v) is 30.6. The molecule has 0 spiro atoms. The Morgan fingerprint density at radius 1 is 0.614 bits per heavy atom. The van der Waals surface area contributed by atoms with Crippen molar-refractivity contribution in [2.75, 3.05) is 0 Å². The molecule has 0 saturated heterocycles. The van der Waals surface area contributed by atoms with Crippen molar-refractivity contribution in [1.29, 1.82) is 0 Å². The van der Waals surface area contributed by atoms with Gasteiger partial charge in [-0.15, -0.1) is 0 Å². The Morgan fingerprint density at radius 3 is 1.41 bits per heavy atom. The molecule has 3 aromatic carbocycles. The van der Waals surface area contributed by atoms with Crippen LogP contribution in [-0.4, -0.2) is 0 Å². The van der Waals surface area contributed by atoms with Gasteiger partial charge in [-0.3, -0.25) is 0 Å². The molecule has 0 N–H and O–H groups in total. The Hall–Kier alpha value is -2.71. The third kappa shape index (κ3) is 6.48. The van der Waals surface area contributed by atoms with E-state index in [-0.39, 0.29) is 21.7 Å². The lowest BCUT2D eigenvalue weighted by atomic mass is 9.77. The predicted octanol–water partition coefficient (Wildman–Crippen LogP) is 12.0. The summed E-state index contributed by atoms with van der Waals surface area (Å²) < 4.78 is 2.58. The van der Waals surface area contributed by atoms with Gasteiger partial charge in [0.25, 0.3) is 0 Å². The standard InChI is InChI=1S/C42H56NS/c1-27-16-14-19-36-38(27)44-26-43(36)37-34(28-20-30(39(2,3)4)24-31(21-28)40(5,6)7)17-15-18-35(37)29-22-32(41(8,9)10)25-33(23-29)42(11,12)13/h15,17-18,20-27H,14,16,19H2,1-13H3/q+1. The third-order valence-corrected chi connectivity index (χ3v) is 10.8. The summed E-state index contributed by atoms with van der Waals surface area (Å²) >= 11 is 1.96. The van der Waals surface area contributed by atoms with Crippen molar-refractivity contribution >= 4 is 11.3 Å². The topological polar surface area (TPSA) is 3.88 Å². The van der Waals surface area contributed by atoms with E-state index in [1.54, 1.807) is 4.88 Å². The summed E-state index contributed by atoms with van der Waals surface area (Å²) in [7, 11) is 0. The minimum Gasteiger partial charge on any atom is -0.153 e. The first kappa shape index (κ1) is 32.7. The van der Waals surface area contributed by atoms with Crippen molar-refractivity contribution in [3.63, 3.8) is 0 Å². The Balaban J connectivity index is 1.90. The quantitative estimate of drug-likeness (QED) is 0.204. The molecule has 0 radical (unpaired) electrons. The summed E-state index contributed by atoms with van der Waals surface area (Å²) in [6.45, 7) is 30.5. The van der Waals surface area contributed by atoms with Gasteiger partial charge in [-0.2, -0.15) is 4.57 Å². The van der Waals surface area contributed by atoms with E-state index in [2.05, 4.69) is 155 Å². The lowest BCUT2D eigenvalue weighted by molar-refractivity contribution is -0.598. The number of aromatic nitrogens is 1. The zero-order valence-electron chi connectivity index (χ0n) is 29.8. The molecule has 0 amide bonds. The maximum absolute atomic E-state index is 2.58. The molecule has 5 rings (SSSR count). The van der Waals surface area contributed by atoms with Crippen molar-refractivity contribution in [3.05, 3.63) is 92.9 Å². The minimum atomic E-state index is 0.0561. The van der Waals surface area contributed by atoms with Gasteiger partial charge in [0.1, 0.15) is 0 Å². The van der Waals surface area contributed by atoms with Gasteiger partial charge in [-0.25, -0.2) is 0 Å². The van der Waals surface area contributed by atoms with Crippen LogP contribution in [0, 0.1) is 0 Å². The van der Waals surface area contributed by atoms with Crippen molar-refractivity contribution in [2.45, 2.75) is 137 Å². The van der Waals surface area contributed by atoms with Crippen LogP contribution in [0.25, 0.3) is 27.9 Å². The van der Waals surface area contributed by atoms with Crippen LogP contribution in [0.2, 0.25) is 0 Å². The number of benzene rings is 3. The third-order valence-electron chi connectivity index (χ3n) is 9.59. The molecule has 1 heterocycles. The molecule has 1 nitrogen and oxygen atoms in total. The van der Waals surface area contributed by atoms with Gasteiger partial charge >= 0.3 is 0 Å². The second-order valence-corrected chi connectivity index (χ2v) is 18.4. The minimum absolute atomic E-state index is 0.0561. The molecule has 0 bridgehead atoms. The largest absolute Gasteiger partial charge is 0.231 e. The highest BCUT2D eigenvalue weighted by molar-refractivity contribution is 7.09. The summed E-state index contributed by atoms with van der Waals surface area (Å²) in [4.78, 5) is 1.56. The SMILES string of the molecule is CC1CCCc2c1sc[n+]2-c1c(-c2cc(C(C)(C)C)cc(C(C)(C)C)c2)cccc1-c1cc(C(C)(C)C)cc(C(C)(C)C)c1. The smallest absolute Gasteiger partial charge is 0.153 e. The van der Waals surface area contributed by atoms with Crippen LogP contribution in [0.4, 0.5) is 0 Å².